The number of nitrogens with one attached hydrogen (secondary N) is 1. The van der Waals surface area contributed by atoms with E-state index in [0.29, 0.717) is 17.1 Å². The Hall–Kier alpha value is -2.63. The largest absolute Gasteiger partial charge is 0.418 e. The normalized spacial score (nSPS) is 14.2. The maximum Gasteiger partial charge on any atom is 0.418 e. The van der Waals surface area contributed by atoms with E-state index in [9.17, 15) is 28.1 Å². The Morgan fingerprint density at radius 3 is 2.70 bits per heavy atom. The number of hydrogen-bond donors (Lipinski definition) is 1. The van der Waals surface area contributed by atoms with Crippen molar-refractivity contribution in [2.24, 2.45) is 7.05 Å². The number of nitro groups is 1. The van der Waals surface area contributed by atoms with Crippen LogP contribution >= 0.6 is 11.8 Å². The van der Waals surface area contributed by atoms with Gasteiger partial charge in [0.1, 0.15) is 5.82 Å². The number of benzene rings is 1. The van der Waals surface area contributed by atoms with Gasteiger partial charge >= 0.3 is 6.18 Å². The lowest BCUT2D eigenvalue weighted by Crippen LogP contribution is -2.18. The average Bonchev–Trinajstić information content (AvgIpc) is 3.36. The fourth-order valence-corrected chi connectivity index (χ4v) is 3.17. The van der Waals surface area contributed by atoms with E-state index < -0.39 is 33.9 Å². The molecular formula is C15H14F3N5O3S. The molecule has 0 aliphatic heterocycles. The quantitative estimate of drug-likeness (QED) is 0.452. The summed E-state index contributed by atoms with van der Waals surface area (Å²) in [4.78, 5) is 21.8. The SMILES string of the molecule is Cn1c(SCC(=O)Nc2ccc([N+](=O)[O-])cc2C(F)(F)F)nnc1C1CC1. The molecular weight excluding hydrogens is 387 g/mol. The molecule has 2 aromatic rings. The molecule has 144 valence electrons. The number of thioether (sulfide) groups is 1. The van der Waals surface area contributed by atoms with Crippen molar-refractivity contribution in [2.45, 2.75) is 30.1 Å². The third-order valence-corrected chi connectivity index (χ3v) is 4.96. The summed E-state index contributed by atoms with van der Waals surface area (Å²) in [5.41, 5.74) is -2.51. The van der Waals surface area contributed by atoms with Gasteiger partial charge in [-0.2, -0.15) is 13.2 Å². The molecule has 0 bridgehead atoms. The summed E-state index contributed by atoms with van der Waals surface area (Å²) in [6.07, 6.45) is -2.76. The number of nitro benzene ring substituents is 1. The summed E-state index contributed by atoms with van der Waals surface area (Å²) in [5.74, 6) is 0.341. The third kappa shape index (κ3) is 4.38. The topological polar surface area (TPSA) is 103 Å². The first-order valence-corrected chi connectivity index (χ1v) is 8.83. The summed E-state index contributed by atoms with van der Waals surface area (Å²) < 4.78 is 41.2. The molecule has 1 amide bonds. The smallest absolute Gasteiger partial charge is 0.325 e. The van der Waals surface area contributed by atoms with E-state index in [4.69, 9.17) is 0 Å². The number of carbonyl (C=O) groups excluding carboxylic acids is 1. The van der Waals surface area contributed by atoms with E-state index >= 15 is 0 Å². The molecule has 1 aliphatic carbocycles. The van der Waals surface area contributed by atoms with Crippen LogP contribution in [0, 0.1) is 10.1 Å². The molecule has 1 fully saturated rings. The van der Waals surface area contributed by atoms with E-state index in [1.807, 2.05) is 0 Å². The predicted octanol–water partition coefficient (Wildman–Crippen LogP) is 3.35. The second-order valence-corrected chi connectivity index (χ2v) is 6.94. The van der Waals surface area contributed by atoms with Crippen LogP contribution in [0.4, 0.5) is 24.5 Å². The minimum atomic E-state index is -4.84. The molecule has 0 unspecified atom stereocenters. The van der Waals surface area contributed by atoms with Crippen molar-refractivity contribution in [1.29, 1.82) is 0 Å². The highest BCUT2D eigenvalue weighted by atomic mass is 32.2. The number of alkyl halides is 3. The van der Waals surface area contributed by atoms with Gasteiger partial charge in [-0.05, 0) is 18.9 Å². The number of carbonyl (C=O) groups is 1. The number of hydrogen-bond acceptors (Lipinski definition) is 6. The van der Waals surface area contributed by atoms with E-state index in [-0.39, 0.29) is 5.75 Å². The highest BCUT2D eigenvalue weighted by Gasteiger charge is 2.35. The summed E-state index contributed by atoms with van der Waals surface area (Å²) >= 11 is 1.05. The monoisotopic (exact) mass is 401 g/mol. The predicted molar refractivity (Wildman–Crippen MR) is 90.4 cm³/mol. The molecule has 1 aromatic carbocycles. The van der Waals surface area contributed by atoms with Crippen LogP contribution in [-0.2, 0) is 18.0 Å². The van der Waals surface area contributed by atoms with E-state index in [2.05, 4.69) is 15.5 Å². The van der Waals surface area contributed by atoms with Crippen LogP contribution in [0.1, 0.15) is 30.1 Å². The molecule has 0 spiro atoms. The van der Waals surface area contributed by atoms with Crippen molar-refractivity contribution >= 4 is 29.0 Å². The van der Waals surface area contributed by atoms with E-state index in [1.165, 1.54) is 0 Å². The van der Waals surface area contributed by atoms with Gasteiger partial charge in [-0.25, -0.2) is 0 Å². The van der Waals surface area contributed by atoms with Gasteiger partial charge in [0, 0.05) is 25.1 Å². The van der Waals surface area contributed by atoms with Gasteiger partial charge in [-0.3, -0.25) is 14.9 Å². The van der Waals surface area contributed by atoms with Gasteiger partial charge in [0.25, 0.3) is 5.69 Å². The number of aromatic nitrogens is 3. The molecule has 1 N–H and O–H groups in total. The van der Waals surface area contributed by atoms with Gasteiger partial charge in [0.15, 0.2) is 5.16 Å². The Labute approximate surface area is 155 Å². The zero-order valence-electron chi connectivity index (χ0n) is 14.0. The standard InChI is InChI=1S/C15H14F3N5O3S/c1-22-13(8-2-3-8)20-21-14(22)27-7-12(24)19-11-5-4-9(23(25)26)6-10(11)15(16,17)18/h4-6,8H,2-3,7H2,1H3,(H,19,24). The van der Waals surface area contributed by atoms with Crippen molar-refractivity contribution in [3.8, 4) is 0 Å². The third-order valence-electron chi connectivity index (χ3n) is 3.94. The van der Waals surface area contributed by atoms with Gasteiger partial charge in [0.2, 0.25) is 5.91 Å². The Kier molecular flexibility index (Phi) is 5.09. The first kappa shape index (κ1) is 19.1. The molecule has 12 heteroatoms. The maximum absolute atomic E-state index is 13.1. The Balaban J connectivity index is 1.69. The number of rotatable bonds is 6. The van der Waals surface area contributed by atoms with Crippen LogP contribution in [0.15, 0.2) is 23.4 Å². The fraction of sp³-hybridized carbons (Fsp3) is 0.400. The maximum atomic E-state index is 13.1. The molecule has 3 rings (SSSR count). The Morgan fingerprint density at radius 2 is 2.11 bits per heavy atom. The van der Waals surface area contributed by atoms with Crippen LogP contribution < -0.4 is 5.32 Å². The van der Waals surface area contributed by atoms with Crippen molar-refractivity contribution in [1.82, 2.24) is 14.8 Å². The van der Waals surface area contributed by atoms with Crippen molar-refractivity contribution in [3.05, 3.63) is 39.7 Å². The average molecular weight is 401 g/mol. The van der Waals surface area contributed by atoms with Crippen LogP contribution in [0.5, 0.6) is 0 Å². The van der Waals surface area contributed by atoms with Crippen molar-refractivity contribution in [2.75, 3.05) is 11.1 Å². The lowest BCUT2D eigenvalue weighted by molar-refractivity contribution is -0.385. The van der Waals surface area contributed by atoms with Crippen LogP contribution in [0.25, 0.3) is 0 Å². The van der Waals surface area contributed by atoms with Gasteiger partial charge in [-0.15, -0.1) is 10.2 Å². The minimum absolute atomic E-state index is 0.176. The van der Waals surface area contributed by atoms with Crippen LogP contribution in [0.3, 0.4) is 0 Å². The minimum Gasteiger partial charge on any atom is -0.325 e. The summed E-state index contributed by atoms with van der Waals surface area (Å²) in [6, 6.07) is 2.17. The summed E-state index contributed by atoms with van der Waals surface area (Å²) in [6.45, 7) is 0. The lowest BCUT2D eigenvalue weighted by Gasteiger charge is -2.13. The van der Waals surface area contributed by atoms with Crippen LogP contribution in [-0.4, -0.2) is 31.3 Å². The first-order chi connectivity index (χ1) is 12.7. The highest BCUT2D eigenvalue weighted by molar-refractivity contribution is 7.99. The van der Waals surface area contributed by atoms with Gasteiger partial charge < -0.3 is 9.88 Å². The zero-order valence-corrected chi connectivity index (χ0v) is 14.8. The van der Waals surface area contributed by atoms with Crippen molar-refractivity contribution < 1.29 is 22.9 Å². The molecule has 1 heterocycles. The Bertz CT molecular complexity index is 895. The van der Waals surface area contributed by atoms with Gasteiger partial charge in [-0.1, -0.05) is 11.8 Å². The fourth-order valence-electron chi connectivity index (χ4n) is 2.45. The summed E-state index contributed by atoms with van der Waals surface area (Å²) in [7, 11) is 1.77. The molecule has 1 aromatic heterocycles. The van der Waals surface area contributed by atoms with Crippen LogP contribution in [0.2, 0.25) is 0 Å². The number of anilines is 1. The lowest BCUT2D eigenvalue weighted by atomic mass is 10.1. The highest BCUT2D eigenvalue weighted by Crippen LogP contribution is 2.40. The van der Waals surface area contributed by atoms with E-state index in [1.54, 1.807) is 11.6 Å². The second-order valence-electron chi connectivity index (χ2n) is 6.00. The molecule has 0 atom stereocenters. The first-order valence-electron chi connectivity index (χ1n) is 7.84. The second kappa shape index (κ2) is 7.18. The molecule has 0 saturated heterocycles. The van der Waals surface area contributed by atoms with Crippen molar-refractivity contribution in [3.63, 3.8) is 0 Å². The number of non-ortho nitro benzene ring substituents is 1. The molecule has 27 heavy (non-hydrogen) atoms. The molecule has 1 aliphatic rings. The zero-order chi connectivity index (χ0) is 19.8. The molecule has 0 radical (unpaired) electrons. The molecule has 1 saturated carbocycles. The summed E-state index contributed by atoms with van der Waals surface area (Å²) in [5, 5.41) is 21.4. The number of amides is 1. The number of nitrogens with zero attached hydrogens (tertiary/aromatic N) is 4. The number of halogens is 3. The Morgan fingerprint density at radius 1 is 1.41 bits per heavy atom. The van der Waals surface area contributed by atoms with Gasteiger partial charge in [0.05, 0.1) is 21.9 Å². The van der Waals surface area contributed by atoms with E-state index in [0.717, 1.165) is 42.6 Å². The molecule has 8 nitrogen and oxygen atoms in total.